The maximum Gasteiger partial charge on any atom is 0.452 e. The van der Waals surface area contributed by atoms with E-state index in [4.69, 9.17) is 0 Å². The van der Waals surface area contributed by atoms with Gasteiger partial charge < -0.3 is 20.2 Å². The van der Waals surface area contributed by atoms with Gasteiger partial charge >= 0.3 is 18.3 Å². The maximum absolute atomic E-state index is 13.2. The van der Waals surface area contributed by atoms with Gasteiger partial charge in [-0.05, 0) is 42.4 Å². The van der Waals surface area contributed by atoms with Crippen LogP contribution in [0.1, 0.15) is 63.2 Å². The Morgan fingerprint density at radius 3 is 2.21 bits per heavy atom. The van der Waals surface area contributed by atoms with E-state index in [1.54, 1.807) is 24.0 Å². The molecule has 230 valence electrons. The van der Waals surface area contributed by atoms with Gasteiger partial charge in [-0.25, -0.2) is 0 Å². The first-order chi connectivity index (χ1) is 19.6. The highest BCUT2D eigenvalue weighted by atomic mass is 32.1. The van der Waals surface area contributed by atoms with Crippen molar-refractivity contribution < 1.29 is 36.2 Å². The van der Waals surface area contributed by atoms with Crippen LogP contribution in [0.4, 0.5) is 48.0 Å². The molecule has 1 aliphatic rings. The number of anilines is 4. The average Bonchev–Trinajstić information content (AvgIpc) is 3.57. The summed E-state index contributed by atoms with van der Waals surface area (Å²) in [5.74, 6) is -3.58. The van der Waals surface area contributed by atoms with E-state index in [0.717, 1.165) is 0 Å². The second-order valence-electron chi connectivity index (χ2n) is 10.5. The summed E-state index contributed by atoms with van der Waals surface area (Å²) in [6.07, 6.45) is -8.29. The summed E-state index contributed by atoms with van der Waals surface area (Å²) >= 11 is 1.27. The molecule has 0 radical (unpaired) electrons. The van der Waals surface area contributed by atoms with Crippen molar-refractivity contribution in [3.63, 3.8) is 0 Å². The molecule has 0 amide bonds. The molecule has 1 aromatic carbocycles. The van der Waals surface area contributed by atoms with Crippen LogP contribution in [0.2, 0.25) is 0 Å². The standard InChI is InChI=1S/C25H29F6N7O2S2/c1-13(2)12-38(16-6-8-37(9-7-16)23-34-21(36-42-23)25(29,30)31)18-5-4-15(14(3)10-19(39)40)11-17(18)32-22-33-20(35-41-22)24(26,27)28/h4-5,11,13-14,16H,6-10,12H2,1-3H3,(H,39,40)(H,32,33,35). The third-order valence-electron chi connectivity index (χ3n) is 6.71. The third kappa shape index (κ3) is 7.79. The molecule has 0 bridgehead atoms. The molecule has 4 rings (SSSR count). The van der Waals surface area contributed by atoms with E-state index in [-0.39, 0.29) is 34.6 Å². The van der Waals surface area contributed by atoms with Crippen LogP contribution in [0.25, 0.3) is 0 Å². The van der Waals surface area contributed by atoms with Crippen LogP contribution in [0, 0.1) is 5.92 Å². The Balaban J connectivity index is 1.63. The van der Waals surface area contributed by atoms with Gasteiger partial charge in [0.15, 0.2) is 0 Å². The van der Waals surface area contributed by atoms with Gasteiger partial charge in [-0.1, -0.05) is 26.8 Å². The third-order valence-corrected chi connectivity index (χ3v) is 8.12. The largest absolute Gasteiger partial charge is 0.481 e. The summed E-state index contributed by atoms with van der Waals surface area (Å²) in [5.41, 5.74) is 1.82. The molecule has 0 spiro atoms. The fourth-order valence-corrected chi connectivity index (χ4v) is 6.10. The summed E-state index contributed by atoms with van der Waals surface area (Å²) in [5, 5.41) is 12.4. The molecule has 0 aliphatic carbocycles. The van der Waals surface area contributed by atoms with Gasteiger partial charge in [0.05, 0.1) is 17.8 Å². The van der Waals surface area contributed by atoms with Crippen LogP contribution in [0.15, 0.2) is 18.2 Å². The molecule has 3 heterocycles. The Labute approximate surface area is 245 Å². The first kappa shape index (κ1) is 31.7. The number of carboxylic acids is 1. The number of hydrogen-bond acceptors (Lipinski definition) is 10. The molecule has 0 saturated carbocycles. The SMILES string of the molecule is CC(C)CN(c1ccc(C(C)CC(=O)O)cc1Nc1nc(C(F)(F)F)ns1)C1CCN(c2nc(C(F)(F)F)ns2)CC1. The van der Waals surface area contributed by atoms with Gasteiger partial charge in [0, 0.05) is 48.7 Å². The smallest absolute Gasteiger partial charge is 0.452 e. The predicted octanol–water partition coefficient (Wildman–Crippen LogP) is 6.88. The molecule has 3 aromatic rings. The van der Waals surface area contributed by atoms with Crippen molar-refractivity contribution in [1.82, 2.24) is 18.7 Å². The van der Waals surface area contributed by atoms with Gasteiger partial charge in [0.1, 0.15) is 0 Å². The van der Waals surface area contributed by atoms with Crippen molar-refractivity contribution in [3.05, 3.63) is 35.4 Å². The first-order valence-corrected chi connectivity index (χ1v) is 14.6. The molecule has 1 aliphatic heterocycles. The number of aliphatic carboxylic acids is 1. The quantitative estimate of drug-likeness (QED) is 0.230. The molecule has 1 fully saturated rings. The lowest BCUT2D eigenvalue weighted by Gasteiger charge is -2.41. The van der Waals surface area contributed by atoms with Crippen molar-refractivity contribution in [2.75, 3.05) is 34.8 Å². The number of alkyl halides is 6. The number of rotatable bonds is 10. The van der Waals surface area contributed by atoms with E-state index in [1.165, 1.54) is 0 Å². The highest BCUT2D eigenvalue weighted by Crippen LogP contribution is 2.38. The van der Waals surface area contributed by atoms with Gasteiger partial charge in [-0.15, -0.1) is 0 Å². The minimum Gasteiger partial charge on any atom is -0.481 e. The average molecular weight is 638 g/mol. The van der Waals surface area contributed by atoms with Crippen LogP contribution in [-0.2, 0) is 17.1 Å². The van der Waals surface area contributed by atoms with E-state index in [2.05, 4.69) is 28.9 Å². The molecule has 1 unspecified atom stereocenters. The number of carboxylic acid groups (broad SMARTS) is 1. The van der Waals surface area contributed by atoms with Gasteiger partial charge in [-0.2, -0.15) is 45.1 Å². The summed E-state index contributed by atoms with van der Waals surface area (Å²) in [6.45, 7) is 7.27. The second-order valence-corrected chi connectivity index (χ2v) is 12.0. The van der Waals surface area contributed by atoms with Crippen LogP contribution in [-0.4, -0.2) is 55.5 Å². The highest BCUT2D eigenvalue weighted by molar-refractivity contribution is 7.10. The lowest BCUT2D eigenvalue weighted by Crippen LogP contribution is -2.46. The topological polar surface area (TPSA) is 107 Å². The number of nitrogens with zero attached hydrogens (tertiary/aromatic N) is 6. The van der Waals surface area contributed by atoms with Crippen molar-refractivity contribution in [2.24, 2.45) is 5.92 Å². The number of nitrogens with one attached hydrogen (secondary N) is 1. The lowest BCUT2D eigenvalue weighted by atomic mass is 9.95. The highest BCUT2D eigenvalue weighted by Gasteiger charge is 2.38. The molecular weight excluding hydrogens is 608 g/mol. The number of piperidine rings is 1. The molecule has 17 heteroatoms. The zero-order chi connectivity index (χ0) is 30.8. The molecular formula is C25H29F6N7O2S2. The monoisotopic (exact) mass is 637 g/mol. The van der Waals surface area contributed by atoms with E-state index in [9.17, 15) is 36.2 Å². The van der Waals surface area contributed by atoms with E-state index in [1.807, 2.05) is 19.9 Å². The zero-order valence-corrected chi connectivity index (χ0v) is 24.5. The number of benzene rings is 1. The summed E-state index contributed by atoms with van der Waals surface area (Å²) in [4.78, 5) is 22.5. The minimum absolute atomic E-state index is 0.0401. The Morgan fingerprint density at radius 2 is 1.67 bits per heavy atom. The van der Waals surface area contributed by atoms with Crippen molar-refractivity contribution in [3.8, 4) is 0 Å². The van der Waals surface area contributed by atoms with Gasteiger partial charge in [-0.3, -0.25) is 4.79 Å². The number of hydrogen-bond donors (Lipinski definition) is 2. The predicted molar refractivity (Wildman–Crippen MR) is 148 cm³/mol. The van der Waals surface area contributed by atoms with Crippen LogP contribution in [0.5, 0.6) is 0 Å². The second kappa shape index (κ2) is 12.6. The van der Waals surface area contributed by atoms with Crippen molar-refractivity contribution >= 4 is 50.7 Å². The van der Waals surface area contributed by atoms with Gasteiger partial charge in [0.25, 0.3) is 0 Å². The number of aromatic nitrogens is 4. The molecule has 9 nitrogen and oxygen atoms in total. The summed E-state index contributed by atoms with van der Waals surface area (Å²) in [7, 11) is 0. The summed E-state index contributed by atoms with van der Waals surface area (Å²) in [6, 6.07) is 5.30. The number of halogens is 6. The Bertz CT molecular complexity index is 1370. The summed E-state index contributed by atoms with van der Waals surface area (Å²) < 4.78 is 85.3. The van der Waals surface area contributed by atoms with Gasteiger partial charge in [0.2, 0.25) is 21.9 Å². The van der Waals surface area contributed by atoms with E-state index >= 15 is 0 Å². The normalized spacial score (nSPS) is 15.7. The van der Waals surface area contributed by atoms with Crippen LogP contribution < -0.4 is 15.1 Å². The number of carbonyl (C=O) groups is 1. The van der Waals surface area contributed by atoms with E-state index < -0.39 is 30.0 Å². The minimum atomic E-state index is -4.71. The molecule has 2 N–H and O–H groups in total. The molecule has 42 heavy (non-hydrogen) atoms. The van der Waals surface area contributed by atoms with Crippen molar-refractivity contribution in [2.45, 2.75) is 64.3 Å². The Hall–Kier alpha value is -3.21. The fourth-order valence-electron chi connectivity index (χ4n) is 4.76. The van der Waals surface area contributed by atoms with Crippen molar-refractivity contribution in [1.29, 1.82) is 0 Å². The Kier molecular flexibility index (Phi) is 9.49. The molecule has 1 atom stereocenters. The maximum atomic E-state index is 13.2. The van der Waals surface area contributed by atoms with Crippen LogP contribution >= 0.6 is 23.1 Å². The first-order valence-electron chi connectivity index (χ1n) is 13.1. The molecule has 1 saturated heterocycles. The Morgan fingerprint density at radius 1 is 1.05 bits per heavy atom. The zero-order valence-electron chi connectivity index (χ0n) is 22.8. The lowest BCUT2D eigenvalue weighted by molar-refractivity contribution is -0.144. The fraction of sp³-hybridized carbons (Fsp3) is 0.560. The van der Waals surface area contributed by atoms with Crippen LogP contribution in [0.3, 0.4) is 0 Å². The molecule has 2 aromatic heterocycles. The van der Waals surface area contributed by atoms with E-state index in [0.29, 0.717) is 72.5 Å².